The molecule has 0 amide bonds. The number of imidazole rings is 1. The van der Waals surface area contributed by atoms with E-state index in [1.54, 1.807) is 30.2 Å². The van der Waals surface area contributed by atoms with Crippen molar-refractivity contribution in [2.75, 3.05) is 17.2 Å². The molecule has 3 aromatic heterocycles. The largest absolute Gasteiger partial charge is 0.453 e. The number of halogens is 1. The van der Waals surface area contributed by atoms with Gasteiger partial charge < -0.3 is 14.6 Å². The van der Waals surface area contributed by atoms with Crippen LogP contribution in [0.2, 0.25) is 0 Å². The molecule has 0 unspecified atom stereocenters. The molecule has 4 heterocycles. The number of benzene rings is 1. The van der Waals surface area contributed by atoms with E-state index in [-0.39, 0.29) is 29.5 Å². The lowest BCUT2D eigenvalue weighted by molar-refractivity contribution is -0.118. The highest BCUT2D eigenvalue weighted by Crippen LogP contribution is 2.40. The second-order valence-corrected chi connectivity index (χ2v) is 10.8. The van der Waals surface area contributed by atoms with Gasteiger partial charge in [-0.1, -0.05) is 13.0 Å². The number of aromatic amines is 1. The molecular weight excluding hydrogens is 485 g/mol. The Morgan fingerprint density at radius 1 is 1.22 bits per heavy atom. The van der Waals surface area contributed by atoms with Gasteiger partial charge in [0.25, 0.3) is 0 Å². The summed E-state index contributed by atoms with van der Waals surface area (Å²) in [6.45, 7) is 3.03. The first-order valence-corrected chi connectivity index (χ1v) is 13.1. The van der Waals surface area contributed by atoms with Crippen LogP contribution in [0.15, 0.2) is 59.9 Å². The van der Waals surface area contributed by atoms with Crippen LogP contribution in [0.4, 0.5) is 10.1 Å². The summed E-state index contributed by atoms with van der Waals surface area (Å²) in [5, 5.41) is -0.0446. The maximum absolute atomic E-state index is 14.4. The number of Topliss-reactive ketones (excluding diaryl/α,β-unsaturated/α-hetero) is 1. The summed E-state index contributed by atoms with van der Waals surface area (Å²) < 4.78 is 44.7. The highest BCUT2D eigenvalue weighted by Gasteiger charge is 2.37. The normalized spacial score (nSPS) is 18.0. The van der Waals surface area contributed by atoms with Crippen molar-refractivity contribution >= 4 is 32.3 Å². The molecule has 9 nitrogen and oxygen atoms in total. The van der Waals surface area contributed by atoms with Crippen LogP contribution in [0, 0.1) is 0 Å². The zero-order valence-corrected chi connectivity index (χ0v) is 20.5. The molecule has 1 fully saturated rings. The molecule has 1 aliphatic rings. The number of hydrogen-bond donors (Lipinski definition) is 1. The number of sulfone groups is 1. The topological polar surface area (TPSA) is 118 Å². The maximum atomic E-state index is 14.4. The Morgan fingerprint density at radius 3 is 2.72 bits per heavy atom. The number of ketones is 1. The fourth-order valence-corrected chi connectivity index (χ4v) is 5.06. The van der Waals surface area contributed by atoms with Crippen molar-refractivity contribution in [2.45, 2.75) is 37.5 Å². The van der Waals surface area contributed by atoms with Gasteiger partial charge in [0, 0.05) is 18.7 Å². The van der Waals surface area contributed by atoms with E-state index in [9.17, 15) is 17.6 Å². The molecule has 4 aromatic rings. The second-order valence-electron chi connectivity index (χ2n) is 8.59. The van der Waals surface area contributed by atoms with Crippen molar-refractivity contribution in [3.8, 4) is 23.0 Å². The Kier molecular flexibility index (Phi) is 6.17. The smallest absolute Gasteiger partial charge is 0.195 e. The first-order valence-electron chi connectivity index (χ1n) is 11.5. The number of carbonyl (C=O) groups excluding carboxylic acids is 1. The quantitative estimate of drug-likeness (QED) is 0.395. The number of aromatic nitrogens is 4. The number of carbonyl (C=O) groups is 1. The van der Waals surface area contributed by atoms with Crippen molar-refractivity contribution in [2.24, 2.45) is 0 Å². The number of nitrogens with zero attached hydrogens (tertiary/aromatic N) is 4. The lowest BCUT2D eigenvalue weighted by atomic mass is 10.1. The molecule has 1 saturated heterocycles. The van der Waals surface area contributed by atoms with Gasteiger partial charge in [-0.25, -0.2) is 22.8 Å². The Hall–Kier alpha value is -3.86. The van der Waals surface area contributed by atoms with Gasteiger partial charge >= 0.3 is 0 Å². The van der Waals surface area contributed by atoms with E-state index in [1.165, 1.54) is 25.3 Å². The minimum absolute atomic E-state index is 0.0410. The first-order chi connectivity index (χ1) is 17.2. The Bertz CT molecular complexity index is 1520. The van der Waals surface area contributed by atoms with Crippen molar-refractivity contribution in [1.29, 1.82) is 0 Å². The number of alkyl halides is 1. The van der Waals surface area contributed by atoms with E-state index in [1.807, 2.05) is 18.2 Å². The fourth-order valence-electron chi connectivity index (χ4n) is 4.28. The fraction of sp³-hybridized carbons (Fsp3) is 0.280. The lowest BCUT2D eigenvalue weighted by Gasteiger charge is -2.26. The molecule has 0 radical (unpaired) electrons. The molecule has 0 aliphatic carbocycles. The van der Waals surface area contributed by atoms with Gasteiger partial charge in [-0.05, 0) is 37.3 Å². The number of hydrogen-bond acceptors (Lipinski definition) is 8. The molecule has 2 atom stereocenters. The Morgan fingerprint density at radius 2 is 2.06 bits per heavy atom. The maximum Gasteiger partial charge on any atom is 0.195 e. The van der Waals surface area contributed by atoms with E-state index < -0.39 is 22.1 Å². The minimum Gasteiger partial charge on any atom is -0.453 e. The standard InChI is InChI=1S/C25H24FN5O4S/c1-3-36(33,34)24-8-7-17(13-28-24)35-23-12-20-19(29-25(30-20)18-6-4-5-9-27-18)11-22(23)31-14-16(26)10-21(31)15(2)32/h4-9,11-13,16,21H,3,10,14H2,1-2H3,(H,29,30)/t16-,21+/m0/s1. The van der Waals surface area contributed by atoms with E-state index in [0.717, 1.165) is 0 Å². The first kappa shape index (κ1) is 23.9. The summed E-state index contributed by atoms with van der Waals surface area (Å²) in [4.78, 5) is 30.2. The lowest BCUT2D eigenvalue weighted by Crippen LogP contribution is -2.35. The van der Waals surface area contributed by atoms with Crippen molar-refractivity contribution < 1.29 is 22.3 Å². The predicted molar refractivity (Wildman–Crippen MR) is 133 cm³/mol. The van der Waals surface area contributed by atoms with Crippen LogP contribution >= 0.6 is 0 Å². The summed E-state index contributed by atoms with van der Waals surface area (Å²) in [5.74, 6) is 0.981. The number of nitrogens with one attached hydrogen (secondary N) is 1. The van der Waals surface area contributed by atoms with E-state index in [0.29, 0.717) is 39.7 Å². The van der Waals surface area contributed by atoms with Gasteiger partial charge in [0.2, 0.25) is 0 Å². The third kappa shape index (κ3) is 4.53. The predicted octanol–water partition coefficient (Wildman–Crippen LogP) is 4.11. The number of anilines is 1. The van der Waals surface area contributed by atoms with Crippen LogP contribution in [-0.4, -0.2) is 58.6 Å². The van der Waals surface area contributed by atoms with Gasteiger partial charge in [0.05, 0.1) is 41.3 Å². The number of fused-ring (bicyclic) bond motifs is 1. The van der Waals surface area contributed by atoms with Crippen molar-refractivity contribution in [3.05, 3.63) is 54.9 Å². The SMILES string of the molecule is CCS(=O)(=O)c1ccc(Oc2cc3nc(-c4ccccn4)[nH]c3cc2N2C[C@@H](F)C[C@@H]2C(C)=O)cn1. The molecule has 1 aliphatic heterocycles. The Labute approximate surface area is 207 Å². The van der Waals surface area contributed by atoms with Crippen LogP contribution < -0.4 is 9.64 Å². The van der Waals surface area contributed by atoms with Crippen molar-refractivity contribution in [1.82, 2.24) is 19.9 Å². The molecule has 186 valence electrons. The van der Waals surface area contributed by atoms with Crippen LogP contribution in [0.5, 0.6) is 11.5 Å². The summed E-state index contributed by atoms with van der Waals surface area (Å²) in [6, 6.07) is 11.2. The average Bonchev–Trinajstić information content (AvgIpc) is 3.47. The molecule has 0 saturated carbocycles. The molecular formula is C25H24FN5O4S. The molecule has 11 heteroatoms. The van der Waals surface area contributed by atoms with Gasteiger partial charge in [-0.15, -0.1) is 0 Å². The van der Waals surface area contributed by atoms with Crippen molar-refractivity contribution in [3.63, 3.8) is 0 Å². The van der Waals surface area contributed by atoms with Gasteiger partial charge in [-0.3, -0.25) is 9.78 Å². The number of rotatable bonds is 7. The summed E-state index contributed by atoms with van der Waals surface area (Å²) in [5.41, 5.74) is 2.43. The minimum atomic E-state index is -3.46. The van der Waals surface area contributed by atoms with Crippen LogP contribution in [0.25, 0.3) is 22.6 Å². The highest BCUT2D eigenvalue weighted by atomic mass is 32.2. The molecule has 0 spiro atoms. The van der Waals surface area contributed by atoms with Crippen LogP contribution in [-0.2, 0) is 14.6 Å². The van der Waals surface area contributed by atoms with E-state index in [2.05, 4.69) is 19.9 Å². The summed E-state index contributed by atoms with van der Waals surface area (Å²) in [6.07, 6.45) is 1.93. The van der Waals surface area contributed by atoms with E-state index >= 15 is 0 Å². The third-order valence-electron chi connectivity index (χ3n) is 6.13. The number of ether oxygens (including phenoxy) is 1. The van der Waals surface area contributed by atoms with E-state index in [4.69, 9.17) is 4.74 Å². The summed E-state index contributed by atoms with van der Waals surface area (Å²) in [7, 11) is -3.46. The third-order valence-corrected chi connectivity index (χ3v) is 7.77. The zero-order chi connectivity index (χ0) is 25.4. The monoisotopic (exact) mass is 509 g/mol. The highest BCUT2D eigenvalue weighted by molar-refractivity contribution is 7.91. The molecule has 36 heavy (non-hydrogen) atoms. The second kappa shape index (κ2) is 9.30. The molecule has 1 N–H and O–H groups in total. The number of pyridine rings is 2. The van der Waals surface area contributed by atoms with Gasteiger partial charge in [0.15, 0.2) is 32.2 Å². The summed E-state index contributed by atoms with van der Waals surface area (Å²) >= 11 is 0. The number of H-pyrrole nitrogens is 1. The molecule has 5 rings (SSSR count). The van der Waals surface area contributed by atoms with Gasteiger partial charge in [0.1, 0.15) is 17.6 Å². The molecule has 0 bridgehead atoms. The zero-order valence-electron chi connectivity index (χ0n) is 19.7. The van der Waals surface area contributed by atoms with Crippen LogP contribution in [0.3, 0.4) is 0 Å². The Balaban J connectivity index is 1.59. The average molecular weight is 510 g/mol. The van der Waals surface area contributed by atoms with Crippen LogP contribution in [0.1, 0.15) is 20.3 Å². The van der Waals surface area contributed by atoms with Gasteiger partial charge in [-0.2, -0.15) is 0 Å². The molecule has 1 aromatic carbocycles.